The van der Waals surface area contributed by atoms with Crippen molar-refractivity contribution in [1.29, 1.82) is 0 Å². The van der Waals surface area contributed by atoms with Crippen molar-refractivity contribution >= 4 is 33.4 Å². The van der Waals surface area contributed by atoms with E-state index in [9.17, 15) is 0 Å². The summed E-state index contributed by atoms with van der Waals surface area (Å²) in [7, 11) is 0. The van der Waals surface area contributed by atoms with Gasteiger partial charge in [0.2, 0.25) is 11.6 Å². The molecule has 0 aliphatic heterocycles. The normalized spacial score (nSPS) is 11.6. The molecule has 0 bridgehead atoms. The molecule has 2 N–H and O–H groups in total. The molecule has 0 unspecified atom stereocenters. The highest BCUT2D eigenvalue weighted by Crippen LogP contribution is 2.16. The monoisotopic (exact) mass is 343 g/mol. The van der Waals surface area contributed by atoms with Gasteiger partial charge in [-0.2, -0.15) is 0 Å². The van der Waals surface area contributed by atoms with E-state index in [0.29, 0.717) is 21.9 Å². The molecule has 1 heterocycles. The number of aromatic nitrogens is 1. The van der Waals surface area contributed by atoms with E-state index < -0.39 is 0 Å². The Bertz CT molecular complexity index is 613. The van der Waals surface area contributed by atoms with E-state index in [-0.39, 0.29) is 5.84 Å². The number of aryl methyl sites for hydroxylation is 1. The van der Waals surface area contributed by atoms with Crippen LogP contribution in [-0.2, 0) is 6.54 Å². The van der Waals surface area contributed by atoms with Crippen molar-refractivity contribution in [3.63, 3.8) is 0 Å². The summed E-state index contributed by atoms with van der Waals surface area (Å²) >= 11 is 9.10. The first-order valence-corrected chi connectivity index (χ1v) is 6.61. The highest BCUT2D eigenvalue weighted by Gasteiger charge is 2.11. The van der Waals surface area contributed by atoms with Crippen molar-refractivity contribution in [2.45, 2.75) is 13.5 Å². The minimum Gasteiger partial charge on any atom is -0.409 e. The fourth-order valence-corrected chi connectivity index (χ4v) is 2.02. The Morgan fingerprint density at radius 3 is 2.95 bits per heavy atom. The molecule has 19 heavy (non-hydrogen) atoms. The first-order valence-electron chi connectivity index (χ1n) is 5.43. The number of benzene rings is 1. The molecule has 0 atom stereocenters. The van der Waals surface area contributed by atoms with E-state index in [4.69, 9.17) is 21.3 Å². The van der Waals surface area contributed by atoms with Gasteiger partial charge in [-0.05, 0) is 46.1 Å². The van der Waals surface area contributed by atoms with Gasteiger partial charge in [0.25, 0.3) is 0 Å². The van der Waals surface area contributed by atoms with Gasteiger partial charge in [0, 0.05) is 17.6 Å². The maximum absolute atomic E-state index is 8.99. The number of hydrogen-bond donors (Lipinski definition) is 2. The van der Waals surface area contributed by atoms with Crippen LogP contribution in [0.15, 0.2) is 38.5 Å². The predicted octanol–water partition coefficient (Wildman–Crippen LogP) is 3.32. The summed E-state index contributed by atoms with van der Waals surface area (Å²) < 4.78 is 5.52. The summed E-state index contributed by atoms with van der Waals surface area (Å²) in [6, 6.07) is 7.22. The van der Waals surface area contributed by atoms with Gasteiger partial charge in [-0.1, -0.05) is 28.0 Å². The topological polar surface area (TPSA) is 70.7 Å². The SMILES string of the molecule is Cc1ccc(Cl)cc1CN/C(=N/O)c1cc(Br)no1. The second-order valence-electron chi connectivity index (χ2n) is 3.89. The third-order valence-corrected chi connectivity index (χ3v) is 3.18. The van der Waals surface area contributed by atoms with Gasteiger partial charge in [0.05, 0.1) is 0 Å². The van der Waals surface area contributed by atoms with Crippen LogP contribution in [-0.4, -0.2) is 16.2 Å². The molecule has 0 radical (unpaired) electrons. The molecule has 0 amide bonds. The van der Waals surface area contributed by atoms with Gasteiger partial charge >= 0.3 is 0 Å². The average molecular weight is 345 g/mol. The first-order chi connectivity index (χ1) is 9.10. The van der Waals surface area contributed by atoms with Crippen LogP contribution in [0.4, 0.5) is 0 Å². The second kappa shape index (κ2) is 6.08. The van der Waals surface area contributed by atoms with Crippen LogP contribution in [0, 0.1) is 6.92 Å². The molecule has 7 heteroatoms. The molecule has 0 aliphatic carbocycles. The number of amidine groups is 1. The molecule has 100 valence electrons. The number of nitrogens with zero attached hydrogens (tertiary/aromatic N) is 2. The van der Waals surface area contributed by atoms with Gasteiger partial charge in [0.15, 0.2) is 0 Å². The van der Waals surface area contributed by atoms with Gasteiger partial charge in [-0.25, -0.2) is 0 Å². The maximum Gasteiger partial charge on any atom is 0.211 e. The quantitative estimate of drug-likeness (QED) is 0.388. The minimum absolute atomic E-state index is 0.206. The lowest BCUT2D eigenvalue weighted by Gasteiger charge is -2.08. The fourth-order valence-electron chi connectivity index (χ4n) is 1.55. The zero-order chi connectivity index (χ0) is 13.8. The zero-order valence-corrected chi connectivity index (χ0v) is 12.4. The molecular formula is C12H11BrClN3O2. The van der Waals surface area contributed by atoms with Gasteiger partial charge in [0.1, 0.15) is 4.60 Å². The summed E-state index contributed by atoms with van der Waals surface area (Å²) in [5.74, 6) is 0.548. The highest BCUT2D eigenvalue weighted by molar-refractivity contribution is 9.10. The van der Waals surface area contributed by atoms with Crippen LogP contribution in [0.25, 0.3) is 0 Å². The van der Waals surface area contributed by atoms with Crippen LogP contribution < -0.4 is 5.32 Å². The molecule has 0 spiro atoms. The number of rotatable bonds is 3. The number of hydrogen-bond acceptors (Lipinski definition) is 4. The van der Waals surface area contributed by atoms with Crippen LogP contribution in [0.5, 0.6) is 0 Å². The number of nitrogens with one attached hydrogen (secondary N) is 1. The number of oxime groups is 1. The Morgan fingerprint density at radius 1 is 1.53 bits per heavy atom. The largest absolute Gasteiger partial charge is 0.409 e. The molecular weight excluding hydrogens is 334 g/mol. The lowest BCUT2D eigenvalue weighted by atomic mass is 10.1. The van der Waals surface area contributed by atoms with Gasteiger partial charge < -0.3 is 15.0 Å². The third-order valence-electron chi connectivity index (χ3n) is 2.57. The van der Waals surface area contributed by atoms with Crippen molar-refractivity contribution in [2.75, 3.05) is 0 Å². The zero-order valence-electron chi connectivity index (χ0n) is 10.0. The van der Waals surface area contributed by atoms with E-state index in [0.717, 1.165) is 11.1 Å². The Kier molecular flexibility index (Phi) is 4.44. The fraction of sp³-hybridized carbons (Fsp3) is 0.167. The van der Waals surface area contributed by atoms with Crippen LogP contribution in [0.1, 0.15) is 16.9 Å². The van der Waals surface area contributed by atoms with E-state index in [1.165, 1.54) is 0 Å². The predicted molar refractivity (Wildman–Crippen MR) is 75.6 cm³/mol. The summed E-state index contributed by atoms with van der Waals surface area (Å²) in [5, 5.41) is 19.4. The molecule has 2 aromatic rings. The lowest BCUT2D eigenvalue weighted by Crippen LogP contribution is -2.24. The minimum atomic E-state index is 0.206. The molecule has 0 saturated heterocycles. The lowest BCUT2D eigenvalue weighted by molar-refractivity contribution is 0.313. The molecule has 1 aromatic carbocycles. The average Bonchev–Trinajstić information content (AvgIpc) is 2.81. The van der Waals surface area contributed by atoms with E-state index in [1.807, 2.05) is 25.1 Å². The molecule has 0 aliphatic rings. The van der Waals surface area contributed by atoms with Gasteiger partial charge in [-0.3, -0.25) is 0 Å². The number of halogens is 2. The van der Waals surface area contributed by atoms with E-state index in [2.05, 4.69) is 31.6 Å². The summed E-state index contributed by atoms with van der Waals surface area (Å²) in [6.07, 6.45) is 0. The van der Waals surface area contributed by atoms with Crippen LogP contribution >= 0.6 is 27.5 Å². The maximum atomic E-state index is 8.99. The van der Waals surface area contributed by atoms with Crippen molar-refractivity contribution in [3.8, 4) is 0 Å². The molecule has 0 saturated carbocycles. The second-order valence-corrected chi connectivity index (χ2v) is 5.14. The Morgan fingerprint density at radius 2 is 2.32 bits per heavy atom. The molecule has 2 rings (SSSR count). The van der Waals surface area contributed by atoms with E-state index in [1.54, 1.807) is 6.07 Å². The summed E-state index contributed by atoms with van der Waals surface area (Å²) in [4.78, 5) is 0. The Balaban J connectivity index is 2.11. The third kappa shape index (κ3) is 3.48. The van der Waals surface area contributed by atoms with E-state index >= 15 is 0 Å². The summed E-state index contributed by atoms with van der Waals surface area (Å²) in [6.45, 7) is 2.44. The van der Waals surface area contributed by atoms with Gasteiger partial charge in [-0.15, -0.1) is 0 Å². The van der Waals surface area contributed by atoms with Crippen molar-refractivity contribution in [2.24, 2.45) is 5.16 Å². The highest BCUT2D eigenvalue weighted by atomic mass is 79.9. The molecule has 1 aromatic heterocycles. The van der Waals surface area contributed by atoms with Crippen molar-refractivity contribution in [3.05, 3.63) is 50.8 Å². The standard InChI is InChI=1S/C12H11BrClN3O2/c1-7-2-3-9(14)4-8(7)6-15-12(16-18)10-5-11(13)17-19-10/h2-5,18H,6H2,1H3,(H,15,16). The van der Waals surface area contributed by atoms with Crippen molar-refractivity contribution in [1.82, 2.24) is 10.5 Å². The van der Waals surface area contributed by atoms with Crippen molar-refractivity contribution < 1.29 is 9.73 Å². The Hall–Kier alpha value is -1.53. The summed E-state index contributed by atoms with van der Waals surface area (Å²) in [5.41, 5.74) is 2.10. The molecule has 0 fully saturated rings. The first kappa shape index (κ1) is 13.9. The smallest absolute Gasteiger partial charge is 0.211 e. The molecule has 5 nitrogen and oxygen atoms in total. The van der Waals surface area contributed by atoms with Crippen LogP contribution in [0.3, 0.4) is 0 Å². The Labute approximate surface area is 123 Å². The van der Waals surface area contributed by atoms with Crippen LogP contribution in [0.2, 0.25) is 5.02 Å².